The number of carbonyl (C=O) groups is 1. The van der Waals surface area contributed by atoms with Crippen LogP contribution in [0.2, 0.25) is 5.02 Å². The van der Waals surface area contributed by atoms with Crippen LogP contribution in [-0.4, -0.2) is 24.2 Å². The topological polar surface area (TPSA) is 61.5 Å². The monoisotopic (exact) mass is 327 g/mol. The molecule has 0 unspecified atom stereocenters. The highest BCUT2D eigenvalue weighted by molar-refractivity contribution is 6.32. The fourth-order valence-corrected chi connectivity index (χ4v) is 2.55. The lowest BCUT2D eigenvalue weighted by Gasteiger charge is -2.31. The summed E-state index contributed by atoms with van der Waals surface area (Å²) in [6.07, 6.45) is 1.18. The van der Waals surface area contributed by atoms with Gasteiger partial charge in [-0.15, -0.1) is 0 Å². The van der Waals surface area contributed by atoms with Gasteiger partial charge >= 0.3 is 5.97 Å². The number of para-hydroxylation sites is 1. The maximum absolute atomic E-state index is 11.7. The standard InChI is InChI=1S/C17H26ClNO3/c1-5-13(6-2)16(12(4)21-17(20)11(3)19)22-15-10-8-7-9-14(15)18/h7-13,16H,5-6,19H2,1-4H3/t11-,12-,16-/m0/s1. The number of nitrogens with two attached hydrogens (primary N) is 1. The Morgan fingerprint density at radius 1 is 1.23 bits per heavy atom. The molecule has 0 spiro atoms. The van der Waals surface area contributed by atoms with Crippen molar-refractivity contribution < 1.29 is 14.3 Å². The second kappa shape index (κ2) is 9.01. The molecule has 0 amide bonds. The summed E-state index contributed by atoms with van der Waals surface area (Å²) in [5, 5.41) is 0.546. The van der Waals surface area contributed by atoms with E-state index in [0.717, 1.165) is 12.8 Å². The number of hydrogen-bond acceptors (Lipinski definition) is 4. The van der Waals surface area contributed by atoms with Crippen molar-refractivity contribution in [2.24, 2.45) is 11.7 Å². The average Bonchev–Trinajstić information content (AvgIpc) is 2.49. The molecule has 0 aromatic heterocycles. The Morgan fingerprint density at radius 2 is 1.82 bits per heavy atom. The third kappa shape index (κ3) is 5.18. The second-order valence-electron chi connectivity index (χ2n) is 5.52. The summed E-state index contributed by atoms with van der Waals surface area (Å²) in [5.74, 6) is 0.433. The van der Waals surface area contributed by atoms with Crippen LogP contribution in [0.4, 0.5) is 0 Å². The molecule has 1 aromatic carbocycles. The summed E-state index contributed by atoms with van der Waals surface area (Å²) in [4.78, 5) is 11.7. The lowest BCUT2D eigenvalue weighted by molar-refractivity contribution is -0.155. The molecule has 0 aliphatic heterocycles. The van der Waals surface area contributed by atoms with Crippen LogP contribution in [0.25, 0.3) is 0 Å². The van der Waals surface area contributed by atoms with Gasteiger partial charge < -0.3 is 15.2 Å². The van der Waals surface area contributed by atoms with Gasteiger partial charge in [-0.3, -0.25) is 4.79 Å². The molecule has 0 aliphatic carbocycles. The summed E-state index contributed by atoms with van der Waals surface area (Å²) in [6.45, 7) is 7.63. The summed E-state index contributed by atoms with van der Waals surface area (Å²) in [7, 11) is 0. The number of hydrogen-bond donors (Lipinski definition) is 1. The second-order valence-corrected chi connectivity index (χ2v) is 5.93. The van der Waals surface area contributed by atoms with Crippen molar-refractivity contribution in [2.75, 3.05) is 0 Å². The number of carbonyl (C=O) groups excluding carboxylic acids is 1. The number of esters is 1. The molecule has 124 valence electrons. The molecule has 0 bridgehead atoms. The van der Waals surface area contributed by atoms with E-state index in [9.17, 15) is 4.79 Å². The van der Waals surface area contributed by atoms with Crippen molar-refractivity contribution in [1.82, 2.24) is 0 Å². The van der Waals surface area contributed by atoms with Crippen LogP contribution in [0, 0.1) is 5.92 Å². The van der Waals surface area contributed by atoms with Gasteiger partial charge in [0, 0.05) is 0 Å². The van der Waals surface area contributed by atoms with E-state index < -0.39 is 18.1 Å². The highest BCUT2D eigenvalue weighted by Gasteiger charge is 2.30. The van der Waals surface area contributed by atoms with Gasteiger partial charge in [-0.2, -0.15) is 0 Å². The molecule has 22 heavy (non-hydrogen) atoms. The molecule has 2 N–H and O–H groups in total. The highest BCUT2D eigenvalue weighted by atomic mass is 35.5. The van der Waals surface area contributed by atoms with Crippen LogP contribution < -0.4 is 10.5 Å². The Kier molecular flexibility index (Phi) is 7.69. The molecule has 0 radical (unpaired) electrons. The summed E-state index contributed by atoms with van der Waals surface area (Å²) in [5.41, 5.74) is 5.57. The molecular weight excluding hydrogens is 302 g/mol. The molecule has 1 rings (SSSR count). The summed E-state index contributed by atoms with van der Waals surface area (Å²) in [6, 6.07) is 6.66. The van der Waals surface area contributed by atoms with Crippen LogP contribution in [0.1, 0.15) is 40.5 Å². The van der Waals surface area contributed by atoms with Crippen LogP contribution in [0.15, 0.2) is 24.3 Å². The van der Waals surface area contributed by atoms with Crippen molar-refractivity contribution >= 4 is 17.6 Å². The van der Waals surface area contributed by atoms with E-state index in [1.54, 1.807) is 13.0 Å². The van der Waals surface area contributed by atoms with E-state index >= 15 is 0 Å². The van der Waals surface area contributed by atoms with Crippen molar-refractivity contribution in [1.29, 1.82) is 0 Å². The van der Waals surface area contributed by atoms with E-state index in [0.29, 0.717) is 10.8 Å². The van der Waals surface area contributed by atoms with Gasteiger partial charge in [0.2, 0.25) is 0 Å². The molecular formula is C17H26ClNO3. The molecule has 1 aromatic rings. The fourth-order valence-electron chi connectivity index (χ4n) is 2.37. The molecule has 4 nitrogen and oxygen atoms in total. The first-order valence-electron chi connectivity index (χ1n) is 7.77. The maximum Gasteiger partial charge on any atom is 0.323 e. The number of rotatable bonds is 8. The minimum absolute atomic E-state index is 0.257. The molecule has 0 fully saturated rings. The molecule has 0 heterocycles. The van der Waals surface area contributed by atoms with Gasteiger partial charge in [0.05, 0.1) is 5.02 Å². The lowest BCUT2D eigenvalue weighted by atomic mass is 9.93. The number of halogens is 1. The van der Waals surface area contributed by atoms with Gasteiger partial charge in [0.1, 0.15) is 24.0 Å². The van der Waals surface area contributed by atoms with Gasteiger partial charge in [0.15, 0.2) is 0 Å². The van der Waals surface area contributed by atoms with Crippen molar-refractivity contribution in [3.8, 4) is 5.75 Å². The zero-order chi connectivity index (χ0) is 16.7. The van der Waals surface area contributed by atoms with Crippen molar-refractivity contribution in [2.45, 2.75) is 58.8 Å². The van der Waals surface area contributed by atoms with Crippen LogP contribution in [-0.2, 0) is 9.53 Å². The van der Waals surface area contributed by atoms with Crippen molar-refractivity contribution in [3.05, 3.63) is 29.3 Å². The third-order valence-corrected chi connectivity index (χ3v) is 4.06. The van der Waals surface area contributed by atoms with Gasteiger partial charge in [-0.25, -0.2) is 0 Å². The Morgan fingerprint density at radius 3 is 2.32 bits per heavy atom. The SMILES string of the molecule is CCC(CC)[C@@H](Oc1ccccc1Cl)[C@H](C)OC(=O)[C@H](C)N. The minimum Gasteiger partial charge on any atom is -0.485 e. The summed E-state index contributed by atoms with van der Waals surface area (Å²) < 4.78 is 11.5. The molecule has 0 saturated heterocycles. The zero-order valence-corrected chi connectivity index (χ0v) is 14.5. The predicted molar refractivity (Wildman–Crippen MR) is 89.1 cm³/mol. The fraction of sp³-hybridized carbons (Fsp3) is 0.588. The highest BCUT2D eigenvalue weighted by Crippen LogP contribution is 2.29. The largest absolute Gasteiger partial charge is 0.485 e. The van der Waals surface area contributed by atoms with Crippen LogP contribution >= 0.6 is 11.6 Å². The van der Waals surface area contributed by atoms with E-state index in [1.165, 1.54) is 0 Å². The van der Waals surface area contributed by atoms with E-state index in [-0.39, 0.29) is 12.0 Å². The van der Waals surface area contributed by atoms with E-state index in [2.05, 4.69) is 13.8 Å². The molecule has 3 atom stereocenters. The molecule has 0 saturated carbocycles. The third-order valence-electron chi connectivity index (χ3n) is 3.75. The minimum atomic E-state index is -0.648. The zero-order valence-electron chi connectivity index (χ0n) is 13.7. The van der Waals surface area contributed by atoms with Gasteiger partial charge in [-0.05, 0) is 44.7 Å². The number of benzene rings is 1. The Labute approximate surface area is 137 Å². The summed E-state index contributed by atoms with van der Waals surface area (Å²) >= 11 is 6.17. The first-order valence-corrected chi connectivity index (χ1v) is 8.15. The van der Waals surface area contributed by atoms with Crippen LogP contribution in [0.3, 0.4) is 0 Å². The first-order chi connectivity index (χ1) is 10.4. The average molecular weight is 328 g/mol. The van der Waals surface area contributed by atoms with Crippen LogP contribution in [0.5, 0.6) is 5.75 Å². The smallest absolute Gasteiger partial charge is 0.323 e. The van der Waals surface area contributed by atoms with Gasteiger partial charge in [-0.1, -0.05) is 37.6 Å². The lowest BCUT2D eigenvalue weighted by Crippen LogP contribution is -2.42. The predicted octanol–water partition coefficient (Wildman–Crippen LogP) is 3.80. The molecule has 0 aliphatic rings. The number of ether oxygens (including phenoxy) is 2. The Bertz CT molecular complexity index is 475. The molecule has 5 heteroatoms. The maximum atomic E-state index is 11.7. The Balaban J connectivity index is 2.93. The van der Waals surface area contributed by atoms with E-state index in [4.69, 9.17) is 26.8 Å². The van der Waals surface area contributed by atoms with E-state index in [1.807, 2.05) is 25.1 Å². The van der Waals surface area contributed by atoms with Gasteiger partial charge in [0.25, 0.3) is 0 Å². The normalized spacial score (nSPS) is 15.2. The van der Waals surface area contributed by atoms with Crippen molar-refractivity contribution in [3.63, 3.8) is 0 Å². The first kappa shape index (κ1) is 18.8. The Hall–Kier alpha value is -1.26. The quantitative estimate of drug-likeness (QED) is 0.738.